The van der Waals surface area contributed by atoms with Gasteiger partial charge in [0, 0.05) is 44.6 Å². The topological polar surface area (TPSA) is 71.3 Å². The van der Waals surface area contributed by atoms with Gasteiger partial charge in [0.25, 0.3) is 0 Å². The van der Waals surface area contributed by atoms with E-state index in [4.69, 9.17) is 0 Å². The fraction of sp³-hybridized carbons (Fsp3) is 0.263. The highest BCUT2D eigenvalue weighted by atomic mass is 32.2. The van der Waals surface area contributed by atoms with Gasteiger partial charge >= 0.3 is 0 Å². The Balaban J connectivity index is 1.42. The van der Waals surface area contributed by atoms with Gasteiger partial charge in [-0.1, -0.05) is 12.1 Å². The molecule has 3 aromatic rings. The zero-order valence-electron chi connectivity index (χ0n) is 15.1. The molecule has 7 nitrogen and oxygen atoms in total. The molecule has 0 radical (unpaired) electrons. The van der Waals surface area contributed by atoms with Gasteiger partial charge in [0.2, 0.25) is 10.0 Å². The number of hydrogen-bond donors (Lipinski definition) is 0. The van der Waals surface area contributed by atoms with Crippen LogP contribution in [0.3, 0.4) is 0 Å². The quantitative estimate of drug-likeness (QED) is 0.655. The van der Waals surface area contributed by atoms with Gasteiger partial charge in [-0.15, -0.1) is 0 Å². The first-order valence-electron chi connectivity index (χ1n) is 8.94. The van der Waals surface area contributed by atoms with E-state index in [2.05, 4.69) is 14.9 Å². The second-order valence-corrected chi connectivity index (χ2v) is 8.56. The van der Waals surface area contributed by atoms with Gasteiger partial charge in [0.05, 0.1) is 5.75 Å². The summed E-state index contributed by atoms with van der Waals surface area (Å²) in [6.07, 6.45) is 5.33. The molecule has 146 valence electrons. The molecule has 4 rings (SSSR count). The van der Waals surface area contributed by atoms with Gasteiger partial charge in [-0.3, -0.25) is 0 Å². The van der Waals surface area contributed by atoms with Crippen LogP contribution in [0.2, 0.25) is 0 Å². The van der Waals surface area contributed by atoms with E-state index in [9.17, 15) is 12.8 Å². The van der Waals surface area contributed by atoms with Crippen molar-refractivity contribution in [2.75, 3.05) is 31.1 Å². The highest BCUT2D eigenvalue weighted by Crippen LogP contribution is 2.19. The molecule has 1 fully saturated rings. The average Bonchev–Trinajstić information content (AvgIpc) is 3.25. The minimum atomic E-state index is -3.45. The second-order valence-electron chi connectivity index (χ2n) is 6.59. The third-order valence-corrected chi connectivity index (χ3v) is 6.58. The van der Waals surface area contributed by atoms with E-state index in [1.165, 1.54) is 34.9 Å². The fourth-order valence-electron chi connectivity index (χ4n) is 3.22. The van der Waals surface area contributed by atoms with Crippen molar-refractivity contribution >= 4 is 15.8 Å². The van der Waals surface area contributed by atoms with Crippen LogP contribution >= 0.6 is 0 Å². The van der Waals surface area contributed by atoms with Crippen molar-refractivity contribution in [2.24, 2.45) is 0 Å². The van der Waals surface area contributed by atoms with Crippen molar-refractivity contribution in [1.29, 1.82) is 0 Å². The molecule has 1 aromatic carbocycles. The van der Waals surface area contributed by atoms with Crippen molar-refractivity contribution < 1.29 is 12.8 Å². The molecule has 0 N–H and O–H groups in total. The van der Waals surface area contributed by atoms with Crippen LogP contribution in [-0.4, -0.2) is 53.4 Å². The summed E-state index contributed by atoms with van der Waals surface area (Å²) in [5, 5.41) is 0. The summed E-state index contributed by atoms with van der Waals surface area (Å²) in [5.41, 5.74) is 0.580. The standard InChI is InChI=1S/C19H20FN5O2S/c20-17-5-3-16(4-6-17)14-28(26,27)25-11-9-24(10-12-25)19-13-18(21-15-22-19)23-7-1-2-8-23/h1-8,13,15H,9-12,14H2. The maximum Gasteiger partial charge on any atom is 0.218 e. The molecule has 9 heteroatoms. The lowest BCUT2D eigenvalue weighted by molar-refractivity contribution is 0.383. The fourth-order valence-corrected chi connectivity index (χ4v) is 4.73. The van der Waals surface area contributed by atoms with Crippen molar-refractivity contribution in [3.8, 4) is 5.82 Å². The zero-order chi connectivity index (χ0) is 19.6. The molecule has 1 aliphatic rings. The Labute approximate surface area is 163 Å². The first-order chi connectivity index (χ1) is 13.5. The summed E-state index contributed by atoms with van der Waals surface area (Å²) in [4.78, 5) is 10.7. The Hall–Kier alpha value is -2.78. The summed E-state index contributed by atoms with van der Waals surface area (Å²) < 4.78 is 41.8. The van der Waals surface area contributed by atoms with Crippen molar-refractivity contribution in [1.82, 2.24) is 18.8 Å². The molecule has 3 heterocycles. The number of halogens is 1. The van der Waals surface area contributed by atoms with Crippen LogP contribution in [0.1, 0.15) is 5.56 Å². The van der Waals surface area contributed by atoms with Crippen molar-refractivity contribution in [3.63, 3.8) is 0 Å². The highest BCUT2D eigenvalue weighted by Gasteiger charge is 2.27. The Morgan fingerprint density at radius 3 is 2.25 bits per heavy atom. The van der Waals surface area contributed by atoms with Gasteiger partial charge in [-0.05, 0) is 29.8 Å². The summed E-state index contributed by atoms with van der Waals surface area (Å²) >= 11 is 0. The van der Waals surface area contributed by atoms with Crippen LogP contribution in [0.5, 0.6) is 0 Å². The highest BCUT2D eigenvalue weighted by molar-refractivity contribution is 7.88. The second kappa shape index (κ2) is 7.69. The van der Waals surface area contributed by atoms with Crippen LogP contribution in [0.4, 0.5) is 10.2 Å². The molecule has 0 bridgehead atoms. The zero-order valence-corrected chi connectivity index (χ0v) is 16.0. The van der Waals surface area contributed by atoms with Crippen LogP contribution in [0.25, 0.3) is 5.82 Å². The summed E-state index contributed by atoms with van der Waals surface area (Å²) in [7, 11) is -3.45. The van der Waals surface area contributed by atoms with Crippen molar-refractivity contribution in [2.45, 2.75) is 5.75 Å². The van der Waals surface area contributed by atoms with Crippen LogP contribution in [0.15, 0.2) is 61.2 Å². The molecule has 0 unspecified atom stereocenters. The van der Waals surface area contributed by atoms with E-state index >= 15 is 0 Å². The van der Waals surface area contributed by atoms with Crippen LogP contribution in [-0.2, 0) is 15.8 Å². The molecule has 0 aliphatic carbocycles. The molecule has 2 aromatic heterocycles. The maximum atomic E-state index is 13.0. The lowest BCUT2D eigenvalue weighted by Gasteiger charge is -2.34. The number of hydrogen-bond acceptors (Lipinski definition) is 5. The maximum absolute atomic E-state index is 13.0. The third-order valence-electron chi connectivity index (χ3n) is 4.73. The van der Waals surface area contributed by atoms with Gasteiger partial charge in [-0.2, -0.15) is 4.31 Å². The van der Waals surface area contributed by atoms with E-state index < -0.39 is 10.0 Å². The van der Waals surface area contributed by atoms with Crippen LogP contribution < -0.4 is 4.90 Å². The van der Waals surface area contributed by atoms with Gasteiger partial charge < -0.3 is 9.47 Å². The number of anilines is 1. The summed E-state index contributed by atoms with van der Waals surface area (Å²) in [6, 6.07) is 11.3. The first-order valence-corrected chi connectivity index (χ1v) is 10.5. The lowest BCUT2D eigenvalue weighted by Crippen LogP contribution is -2.49. The van der Waals surface area contributed by atoms with E-state index in [1.807, 2.05) is 35.2 Å². The molecule has 0 saturated carbocycles. The molecule has 1 saturated heterocycles. The Morgan fingerprint density at radius 1 is 0.929 bits per heavy atom. The third kappa shape index (κ3) is 4.05. The number of sulfonamides is 1. The van der Waals surface area contributed by atoms with E-state index in [0.717, 1.165) is 11.6 Å². The molecular weight excluding hydrogens is 381 g/mol. The Morgan fingerprint density at radius 2 is 1.57 bits per heavy atom. The normalized spacial score (nSPS) is 15.7. The van der Waals surface area contributed by atoms with E-state index in [1.54, 1.807) is 0 Å². The van der Waals surface area contributed by atoms with Gasteiger partial charge in [-0.25, -0.2) is 22.8 Å². The minimum absolute atomic E-state index is 0.126. The Bertz CT molecular complexity index is 1030. The van der Waals surface area contributed by atoms with Gasteiger partial charge in [0.1, 0.15) is 23.8 Å². The number of benzene rings is 1. The average molecular weight is 401 g/mol. The van der Waals surface area contributed by atoms with Crippen LogP contribution in [0, 0.1) is 5.82 Å². The molecule has 28 heavy (non-hydrogen) atoms. The number of nitrogens with zero attached hydrogens (tertiary/aromatic N) is 5. The number of rotatable bonds is 5. The first kappa shape index (κ1) is 18.6. The monoisotopic (exact) mass is 401 g/mol. The minimum Gasteiger partial charge on any atom is -0.354 e. The molecule has 0 atom stereocenters. The molecular formula is C19H20FN5O2S. The SMILES string of the molecule is O=S(=O)(Cc1ccc(F)cc1)N1CCN(c2cc(-n3cccc3)ncn2)CC1. The summed E-state index contributed by atoms with van der Waals surface area (Å²) in [5.74, 6) is 1.04. The predicted octanol–water partition coefficient (Wildman–Crippen LogP) is 2.06. The lowest BCUT2D eigenvalue weighted by atomic mass is 10.2. The van der Waals surface area contributed by atoms with Gasteiger partial charge in [0.15, 0.2) is 0 Å². The van der Waals surface area contributed by atoms with E-state index in [0.29, 0.717) is 31.7 Å². The number of piperazine rings is 1. The largest absolute Gasteiger partial charge is 0.354 e. The number of aromatic nitrogens is 3. The smallest absolute Gasteiger partial charge is 0.218 e. The molecule has 0 amide bonds. The predicted molar refractivity (Wildman–Crippen MR) is 104 cm³/mol. The summed E-state index contributed by atoms with van der Waals surface area (Å²) in [6.45, 7) is 1.86. The molecule has 0 spiro atoms. The Kier molecular flexibility index (Phi) is 5.10. The molecule has 1 aliphatic heterocycles. The van der Waals surface area contributed by atoms with E-state index in [-0.39, 0.29) is 11.6 Å². The van der Waals surface area contributed by atoms with Crippen molar-refractivity contribution in [3.05, 3.63) is 72.6 Å².